The highest BCUT2D eigenvalue weighted by molar-refractivity contribution is 5.38. The zero-order chi connectivity index (χ0) is 15.2. The second-order valence-corrected chi connectivity index (χ2v) is 6.09. The molecular formula is C17H27NO3. The number of rotatable bonds is 6. The van der Waals surface area contributed by atoms with Crippen molar-refractivity contribution in [2.45, 2.75) is 32.8 Å². The van der Waals surface area contributed by atoms with Crippen LogP contribution in [0.2, 0.25) is 0 Å². The molecule has 1 atom stereocenters. The van der Waals surface area contributed by atoms with Crippen LogP contribution in [-0.4, -0.2) is 54.1 Å². The van der Waals surface area contributed by atoms with Gasteiger partial charge in [-0.3, -0.25) is 0 Å². The SMILES string of the molecule is Cc1cccc(OCC(O)CN2CCC(CO)CC2)c1C. The molecule has 118 valence electrons. The van der Waals surface area contributed by atoms with Gasteiger partial charge in [0.05, 0.1) is 0 Å². The lowest BCUT2D eigenvalue weighted by molar-refractivity contribution is 0.0487. The molecule has 0 bridgehead atoms. The molecule has 2 N–H and O–H groups in total. The number of aliphatic hydroxyl groups is 2. The summed E-state index contributed by atoms with van der Waals surface area (Å²) in [6.07, 6.45) is 1.55. The number of benzene rings is 1. The molecule has 1 aromatic rings. The molecule has 2 rings (SSSR count). The molecule has 0 aliphatic carbocycles. The van der Waals surface area contributed by atoms with Gasteiger partial charge in [-0.15, -0.1) is 0 Å². The number of aliphatic hydroxyl groups excluding tert-OH is 2. The third-order valence-corrected chi connectivity index (χ3v) is 4.42. The average molecular weight is 293 g/mol. The Kier molecular flexibility index (Phi) is 6.03. The number of likely N-dealkylation sites (tertiary alicyclic amines) is 1. The summed E-state index contributed by atoms with van der Waals surface area (Å²) in [4.78, 5) is 2.25. The topological polar surface area (TPSA) is 52.9 Å². The molecular weight excluding hydrogens is 266 g/mol. The second-order valence-electron chi connectivity index (χ2n) is 6.09. The first-order valence-corrected chi connectivity index (χ1v) is 7.80. The summed E-state index contributed by atoms with van der Waals surface area (Å²) in [6.45, 7) is 7.25. The summed E-state index contributed by atoms with van der Waals surface area (Å²) in [6, 6.07) is 5.98. The molecule has 4 nitrogen and oxygen atoms in total. The van der Waals surface area contributed by atoms with Crippen molar-refractivity contribution in [1.29, 1.82) is 0 Å². The minimum absolute atomic E-state index is 0.284. The minimum Gasteiger partial charge on any atom is -0.491 e. The minimum atomic E-state index is -0.476. The van der Waals surface area contributed by atoms with Gasteiger partial charge in [-0.05, 0) is 62.9 Å². The van der Waals surface area contributed by atoms with E-state index >= 15 is 0 Å². The summed E-state index contributed by atoms with van der Waals surface area (Å²) < 4.78 is 5.75. The molecule has 1 unspecified atom stereocenters. The van der Waals surface area contributed by atoms with Crippen LogP contribution in [0.4, 0.5) is 0 Å². The van der Waals surface area contributed by atoms with Crippen molar-refractivity contribution in [2.24, 2.45) is 5.92 Å². The molecule has 0 aromatic heterocycles. The molecule has 0 saturated carbocycles. The number of hydrogen-bond donors (Lipinski definition) is 2. The highest BCUT2D eigenvalue weighted by Crippen LogP contribution is 2.21. The molecule has 1 aromatic carbocycles. The van der Waals surface area contributed by atoms with Gasteiger partial charge >= 0.3 is 0 Å². The summed E-state index contributed by atoms with van der Waals surface area (Å²) in [5.74, 6) is 1.29. The van der Waals surface area contributed by atoms with Gasteiger partial charge in [-0.2, -0.15) is 0 Å². The Morgan fingerprint density at radius 2 is 2.00 bits per heavy atom. The van der Waals surface area contributed by atoms with Crippen molar-refractivity contribution < 1.29 is 14.9 Å². The molecule has 21 heavy (non-hydrogen) atoms. The van der Waals surface area contributed by atoms with Crippen LogP contribution in [0.3, 0.4) is 0 Å². The van der Waals surface area contributed by atoms with Crippen molar-refractivity contribution in [3.63, 3.8) is 0 Å². The van der Waals surface area contributed by atoms with E-state index in [1.54, 1.807) is 0 Å². The van der Waals surface area contributed by atoms with E-state index in [-0.39, 0.29) is 6.61 Å². The van der Waals surface area contributed by atoms with Crippen LogP contribution in [0, 0.1) is 19.8 Å². The average Bonchev–Trinajstić information content (AvgIpc) is 2.49. The van der Waals surface area contributed by atoms with E-state index in [0.717, 1.165) is 37.2 Å². The van der Waals surface area contributed by atoms with Crippen LogP contribution in [0.5, 0.6) is 5.75 Å². The fourth-order valence-electron chi connectivity index (χ4n) is 2.77. The molecule has 1 saturated heterocycles. The van der Waals surface area contributed by atoms with Crippen LogP contribution < -0.4 is 4.74 Å². The number of hydrogen-bond acceptors (Lipinski definition) is 4. The standard InChI is InChI=1S/C17H27NO3/c1-13-4-3-5-17(14(13)2)21-12-16(20)10-18-8-6-15(11-19)7-9-18/h3-5,15-16,19-20H,6-12H2,1-2H3. The predicted octanol–water partition coefficient (Wildman–Crippen LogP) is 1.75. The van der Waals surface area contributed by atoms with Gasteiger partial charge < -0.3 is 19.8 Å². The first-order chi connectivity index (χ1) is 10.1. The Morgan fingerprint density at radius 3 is 2.67 bits per heavy atom. The Labute approximate surface area is 127 Å². The number of nitrogens with zero attached hydrogens (tertiary/aromatic N) is 1. The van der Waals surface area contributed by atoms with Crippen molar-refractivity contribution in [2.75, 3.05) is 32.8 Å². The summed E-state index contributed by atoms with van der Waals surface area (Å²) in [7, 11) is 0. The van der Waals surface area contributed by atoms with Crippen molar-refractivity contribution >= 4 is 0 Å². The van der Waals surface area contributed by atoms with Gasteiger partial charge in [-0.25, -0.2) is 0 Å². The van der Waals surface area contributed by atoms with Crippen LogP contribution in [0.15, 0.2) is 18.2 Å². The number of β-amino-alcohol motifs (C(OH)–C–C–N with tert-alkyl or cyclic N) is 1. The normalized spacial score (nSPS) is 18.7. The zero-order valence-corrected chi connectivity index (χ0v) is 13.1. The quantitative estimate of drug-likeness (QED) is 0.839. The molecule has 1 heterocycles. The lowest BCUT2D eigenvalue weighted by Crippen LogP contribution is -2.41. The van der Waals surface area contributed by atoms with Crippen molar-refractivity contribution in [1.82, 2.24) is 4.90 Å². The summed E-state index contributed by atoms with van der Waals surface area (Å²) in [5, 5.41) is 19.3. The van der Waals surface area contributed by atoms with E-state index in [2.05, 4.69) is 17.9 Å². The smallest absolute Gasteiger partial charge is 0.122 e. The van der Waals surface area contributed by atoms with Gasteiger partial charge in [0.2, 0.25) is 0 Å². The maximum atomic E-state index is 10.1. The summed E-state index contributed by atoms with van der Waals surface area (Å²) >= 11 is 0. The lowest BCUT2D eigenvalue weighted by atomic mass is 9.98. The van der Waals surface area contributed by atoms with E-state index in [1.807, 2.05) is 19.1 Å². The molecule has 1 aliphatic heterocycles. The van der Waals surface area contributed by atoms with Crippen LogP contribution >= 0.6 is 0 Å². The van der Waals surface area contributed by atoms with Crippen molar-refractivity contribution in [3.8, 4) is 5.75 Å². The molecule has 0 radical (unpaired) electrons. The van der Waals surface area contributed by atoms with Gasteiger partial charge in [0, 0.05) is 13.2 Å². The van der Waals surface area contributed by atoms with Gasteiger partial charge in [0.1, 0.15) is 18.5 Å². The van der Waals surface area contributed by atoms with E-state index in [9.17, 15) is 5.11 Å². The maximum Gasteiger partial charge on any atom is 0.122 e. The molecule has 0 spiro atoms. The monoisotopic (exact) mass is 293 g/mol. The first-order valence-electron chi connectivity index (χ1n) is 7.80. The predicted molar refractivity (Wildman–Crippen MR) is 83.7 cm³/mol. The largest absolute Gasteiger partial charge is 0.491 e. The van der Waals surface area contributed by atoms with Gasteiger partial charge in [-0.1, -0.05) is 12.1 Å². The van der Waals surface area contributed by atoms with Crippen LogP contribution in [-0.2, 0) is 0 Å². The Hall–Kier alpha value is -1.10. The van der Waals surface area contributed by atoms with E-state index in [0.29, 0.717) is 19.1 Å². The van der Waals surface area contributed by atoms with Crippen LogP contribution in [0.25, 0.3) is 0 Å². The maximum absolute atomic E-state index is 10.1. The van der Waals surface area contributed by atoms with Crippen LogP contribution in [0.1, 0.15) is 24.0 Å². The van der Waals surface area contributed by atoms with Gasteiger partial charge in [0.25, 0.3) is 0 Å². The Morgan fingerprint density at radius 1 is 1.29 bits per heavy atom. The highest BCUT2D eigenvalue weighted by Gasteiger charge is 2.20. The lowest BCUT2D eigenvalue weighted by Gasteiger charge is -2.32. The van der Waals surface area contributed by atoms with Gasteiger partial charge in [0.15, 0.2) is 0 Å². The highest BCUT2D eigenvalue weighted by atomic mass is 16.5. The zero-order valence-electron chi connectivity index (χ0n) is 13.1. The third kappa shape index (κ3) is 4.70. The third-order valence-electron chi connectivity index (χ3n) is 4.42. The molecule has 4 heteroatoms. The fourth-order valence-corrected chi connectivity index (χ4v) is 2.77. The fraction of sp³-hybridized carbons (Fsp3) is 0.647. The number of ether oxygens (including phenoxy) is 1. The summed E-state index contributed by atoms with van der Waals surface area (Å²) in [5.41, 5.74) is 2.33. The molecule has 1 aliphatic rings. The van der Waals surface area contributed by atoms with E-state index < -0.39 is 6.10 Å². The first kappa shape index (κ1) is 16.3. The number of piperidine rings is 1. The molecule has 1 fully saturated rings. The number of aryl methyl sites for hydroxylation is 1. The Bertz CT molecular complexity index is 442. The van der Waals surface area contributed by atoms with E-state index in [4.69, 9.17) is 9.84 Å². The Balaban J connectivity index is 1.75. The van der Waals surface area contributed by atoms with E-state index in [1.165, 1.54) is 5.56 Å². The van der Waals surface area contributed by atoms with Crippen molar-refractivity contribution in [3.05, 3.63) is 29.3 Å². The molecule has 0 amide bonds. The second kappa shape index (κ2) is 7.78.